The molecule has 2 aromatic carbocycles. The first-order valence-electron chi connectivity index (χ1n) is 10.8. The van der Waals surface area contributed by atoms with Gasteiger partial charge in [0, 0.05) is 31.7 Å². The van der Waals surface area contributed by atoms with Crippen LogP contribution in [-0.2, 0) is 22.6 Å². The van der Waals surface area contributed by atoms with E-state index in [0.717, 1.165) is 19.5 Å². The molecule has 1 aliphatic carbocycles. The van der Waals surface area contributed by atoms with Gasteiger partial charge in [0.2, 0.25) is 5.60 Å². The van der Waals surface area contributed by atoms with Crippen LogP contribution in [0.3, 0.4) is 0 Å². The zero-order valence-corrected chi connectivity index (χ0v) is 17.6. The van der Waals surface area contributed by atoms with E-state index in [2.05, 4.69) is 27.7 Å². The van der Waals surface area contributed by atoms with Gasteiger partial charge in [0.15, 0.2) is 0 Å². The number of aliphatic hydroxyl groups is 1. The maximum Gasteiger partial charge on any atom is 0.269 e. The average molecular weight is 435 g/mol. The van der Waals surface area contributed by atoms with Crippen molar-refractivity contribution in [3.63, 3.8) is 0 Å². The van der Waals surface area contributed by atoms with E-state index in [1.807, 2.05) is 12.1 Å². The zero-order valence-electron chi connectivity index (χ0n) is 17.6. The van der Waals surface area contributed by atoms with Crippen LogP contribution < -0.4 is 15.4 Å². The molecule has 5 rings (SSSR count). The first-order chi connectivity index (χ1) is 15.4. The Morgan fingerprint density at radius 2 is 1.97 bits per heavy atom. The standard InChI is InChI=1S/C24H25N3O5/c28-18-10-24(11-18)23(31)26-20-9-16(5-6-21(20)32-24)22(30)25-12-19(29)14-27-8-7-15-3-1-2-4-17(15)13-27/h1-6,9,19,29H,7-8,10-14H2,(H,25,30)(H,26,31). The molecule has 2 amide bonds. The Morgan fingerprint density at radius 3 is 2.75 bits per heavy atom. The molecule has 1 atom stereocenters. The van der Waals surface area contributed by atoms with Gasteiger partial charge in [0.25, 0.3) is 11.8 Å². The number of rotatable bonds is 5. The Labute approximate surface area is 185 Å². The van der Waals surface area contributed by atoms with Crippen molar-refractivity contribution in [2.45, 2.75) is 37.5 Å². The molecule has 2 aromatic rings. The molecule has 1 saturated carbocycles. The number of anilines is 1. The van der Waals surface area contributed by atoms with E-state index in [1.54, 1.807) is 18.2 Å². The summed E-state index contributed by atoms with van der Waals surface area (Å²) in [4.78, 5) is 38.4. The van der Waals surface area contributed by atoms with Gasteiger partial charge in [-0.25, -0.2) is 0 Å². The highest BCUT2D eigenvalue weighted by atomic mass is 16.5. The number of Topliss-reactive ketones (excluding diaryl/α,β-unsaturated/α-hetero) is 1. The van der Waals surface area contributed by atoms with E-state index in [-0.39, 0.29) is 37.0 Å². The normalized spacial score (nSPS) is 19.8. The van der Waals surface area contributed by atoms with Crippen molar-refractivity contribution >= 4 is 23.3 Å². The largest absolute Gasteiger partial charge is 0.474 e. The van der Waals surface area contributed by atoms with Crippen molar-refractivity contribution < 1.29 is 24.2 Å². The number of carbonyl (C=O) groups excluding carboxylic acids is 3. The molecule has 166 valence electrons. The third-order valence-corrected chi connectivity index (χ3v) is 6.35. The van der Waals surface area contributed by atoms with E-state index in [9.17, 15) is 19.5 Å². The Morgan fingerprint density at radius 1 is 1.19 bits per heavy atom. The Bertz CT molecular complexity index is 1090. The minimum Gasteiger partial charge on any atom is -0.474 e. The number of hydrogen-bond donors (Lipinski definition) is 3. The van der Waals surface area contributed by atoms with E-state index < -0.39 is 11.7 Å². The molecule has 1 unspecified atom stereocenters. The number of nitrogens with zero attached hydrogens (tertiary/aromatic N) is 1. The van der Waals surface area contributed by atoms with Crippen LogP contribution in [-0.4, -0.2) is 58.9 Å². The molecule has 1 fully saturated rings. The zero-order chi connectivity index (χ0) is 22.3. The predicted molar refractivity (Wildman–Crippen MR) is 116 cm³/mol. The van der Waals surface area contributed by atoms with Crippen molar-refractivity contribution in [1.82, 2.24) is 10.2 Å². The molecule has 8 nitrogen and oxygen atoms in total. The van der Waals surface area contributed by atoms with Crippen LogP contribution in [0.15, 0.2) is 42.5 Å². The maximum absolute atomic E-state index is 12.6. The smallest absolute Gasteiger partial charge is 0.269 e. The van der Waals surface area contributed by atoms with Gasteiger partial charge in [-0.05, 0) is 35.7 Å². The van der Waals surface area contributed by atoms with Crippen LogP contribution in [0.2, 0.25) is 0 Å². The van der Waals surface area contributed by atoms with Crippen molar-refractivity contribution in [1.29, 1.82) is 0 Å². The highest BCUT2D eigenvalue weighted by molar-refractivity contribution is 6.10. The molecule has 0 aromatic heterocycles. The lowest BCUT2D eigenvalue weighted by atomic mass is 9.77. The number of hydrogen-bond acceptors (Lipinski definition) is 6. The van der Waals surface area contributed by atoms with Crippen molar-refractivity contribution in [2.24, 2.45) is 0 Å². The maximum atomic E-state index is 12.6. The SMILES string of the molecule is O=C1CC2(C1)Oc1ccc(C(=O)NCC(O)CN3CCc4ccccc4C3)cc1NC2=O. The lowest BCUT2D eigenvalue weighted by molar-refractivity contribution is -0.152. The van der Waals surface area contributed by atoms with Gasteiger partial charge in [-0.15, -0.1) is 0 Å². The fourth-order valence-corrected chi connectivity index (χ4v) is 4.55. The van der Waals surface area contributed by atoms with E-state index >= 15 is 0 Å². The van der Waals surface area contributed by atoms with Crippen LogP contribution in [0.1, 0.15) is 34.3 Å². The van der Waals surface area contributed by atoms with Crippen molar-refractivity contribution in [2.75, 3.05) is 25.0 Å². The number of ether oxygens (including phenoxy) is 1. The molecule has 0 radical (unpaired) electrons. The second-order valence-corrected chi connectivity index (χ2v) is 8.77. The summed E-state index contributed by atoms with van der Waals surface area (Å²) in [6.45, 7) is 2.27. The molecule has 8 heteroatoms. The summed E-state index contributed by atoms with van der Waals surface area (Å²) >= 11 is 0. The van der Waals surface area contributed by atoms with Crippen molar-refractivity contribution in [3.05, 3.63) is 59.2 Å². The van der Waals surface area contributed by atoms with Crippen LogP contribution >= 0.6 is 0 Å². The first-order valence-corrected chi connectivity index (χ1v) is 10.8. The van der Waals surface area contributed by atoms with Gasteiger partial charge in [0.1, 0.15) is 11.5 Å². The van der Waals surface area contributed by atoms with E-state index in [1.165, 1.54) is 11.1 Å². The van der Waals surface area contributed by atoms with Gasteiger partial charge in [-0.2, -0.15) is 0 Å². The molecule has 0 saturated heterocycles. The second-order valence-electron chi connectivity index (χ2n) is 8.77. The molecule has 3 aliphatic rings. The van der Waals surface area contributed by atoms with E-state index in [4.69, 9.17) is 4.74 Å². The Hall–Kier alpha value is -3.23. The minimum atomic E-state index is -1.10. The van der Waals surface area contributed by atoms with Crippen LogP contribution in [0, 0.1) is 0 Å². The van der Waals surface area contributed by atoms with Gasteiger partial charge < -0.3 is 20.5 Å². The van der Waals surface area contributed by atoms with Crippen LogP contribution in [0.25, 0.3) is 0 Å². The number of β-amino-alcohol motifs (C(OH)–C–C–N with tert-alkyl or cyclic N) is 1. The van der Waals surface area contributed by atoms with E-state index in [0.29, 0.717) is 23.5 Å². The summed E-state index contributed by atoms with van der Waals surface area (Å²) < 4.78 is 5.77. The number of ketones is 1. The number of aliphatic hydroxyl groups excluding tert-OH is 1. The number of benzene rings is 2. The average Bonchev–Trinajstić information content (AvgIpc) is 2.76. The molecule has 32 heavy (non-hydrogen) atoms. The highest BCUT2D eigenvalue weighted by Crippen LogP contribution is 2.42. The lowest BCUT2D eigenvalue weighted by Gasteiger charge is -2.42. The number of nitrogens with one attached hydrogen (secondary N) is 2. The molecular weight excluding hydrogens is 410 g/mol. The van der Waals surface area contributed by atoms with Gasteiger partial charge >= 0.3 is 0 Å². The lowest BCUT2D eigenvalue weighted by Crippen LogP contribution is -2.59. The molecule has 2 aliphatic heterocycles. The fourth-order valence-electron chi connectivity index (χ4n) is 4.55. The summed E-state index contributed by atoms with van der Waals surface area (Å²) in [5.41, 5.74) is 2.28. The summed E-state index contributed by atoms with van der Waals surface area (Å²) in [6.07, 6.45) is 0.399. The topological polar surface area (TPSA) is 108 Å². The first kappa shape index (κ1) is 20.7. The Kier molecular flexibility index (Phi) is 5.19. The van der Waals surface area contributed by atoms with Gasteiger partial charge in [-0.3, -0.25) is 19.3 Å². The second kappa shape index (κ2) is 8.03. The Balaban J connectivity index is 1.15. The molecular formula is C24H25N3O5. The van der Waals surface area contributed by atoms with Gasteiger partial charge in [-0.1, -0.05) is 24.3 Å². The molecule has 1 spiro atoms. The summed E-state index contributed by atoms with van der Waals surface area (Å²) in [5.74, 6) is -0.268. The van der Waals surface area contributed by atoms with Crippen molar-refractivity contribution in [3.8, 4) is 5.75 Å². The summed E-state index contributed by atoms with van der Waals surface area (Å²) in [6, 6.07) is 13.1. The fraction of sp³-hybridized carbons (Fsp3) is 0.375. The summed E-state index contributed by atoms with van der Waals surface area (Å²) in [5, 5.41) is 15.9. The predicted octanol–water partition coefficient (Wildman–Crippen LogP) is 1.27. The third kappa shape index (κ3) is 3.87. The quantitative estimate of drug-likeness (QED) is 0.653. The third-order valence-electron chi connectivity index (χ3n) is 6.35. The molecule has 3 N–H and O–H groups in total. The monoisotopic (exact) mass is 435 g/mol. The molecule has 2 heterocycles. The number of amides is 2. The van der Waals surface area contributed by atoms with Gasteiger partial charge in [0.05, 0.1) is 24.6 Å². The minimum absolute atomic E-state index is 0.00748. The number of fused-ring (bicyclic) bond motifs is 2. The summed E-state index contributed by atoms with van der Waals surface area (Å²) in [7, 11) is 0. The van der Waals surface area contributed by atoms with Crippen LogP contribution in [0.5, 0.6) is 5.75 Å². The van der Waals surface area contributed by atoms with Crippen LogP contribution in [0.4, 0.5) is 5.69 Å². The number of carbonyl (C=O) groups is 3. The molecule has 0 bridgehead atoms. The highest BCUT2D eigenvalue weighted by Gasteiger charge is 2.54.